The fourth-order valence-corrected chi connectivity index (χ4v) is 3.62. The molecule has 1 aliphatic carbocycles. The lowest BCUT2D eigenvalue weighted by Crippen LogP contribution is -2.48. The first-order valence-electron chi connectivity index (χ1n) is 9.01. The summed E-state index contributed by atoms with van der Waals surface area (Å²) in [7, 11) is 0. The lowest BCUT2D eigenvalue weighted by atomic mass is 9.91. The van der Waals surface area contributed by atoms with E-state index >= 15 is 0 Å². The van der Waals surface area contributed by atoms with Crippen LogP contribution in [0.3, 0.4) is 0 Å². The highest BCUT2D eigenvalue weighted by Gasteiger charge is 2.31. The summed E-state index contributed by atoms with van der Waals surface area (Å²) in [5.41, 5.74) is 1.66. The summed E-state index contributed by atoms with van der Waals surface area (Å²) in [6, 6.07) is 9.85. The van der Waals surface area contributed by atoms with Crippen LogP contribution in [0.25, 0.3) is 0 Å². The van der Waals surface area contributed by atoms with E-state index in [4.69, 9.17) is 9.26 Å². The number of amides is 1. The number of carbonyl (C=O) groups excluding carboxylic acids is 1. The van der Waals surface area contributed by atoms with Crippen LogP contribution in [0.2, 0.25) is 0 Å². The molecule has 1 N–H and O–H groups in total. The van der Waals surface area contributed by atoms with E-state index in [9.17, 15) is 4.79 Å². The van der Waals surface area contributed by atoms with Gasteiger partial charge >= 0.3 is 0 Å². The van der Waals surface area contributed by atoms with Gasteiger partial charge in [0.25, 0.3) is 0 Å². The van der Waals surface area contributed by atoms with Crippen LogP contribution in [0.15, 0.2) is 34.9 Å². The number of para-hydroxylation sites is 1. The van der Waals surface area contributed by atoms with Gasteiger partial charge in [-0.2, -0.15) is 0 Å². The van der Waals surface area contributed by atoms with Crippen LogP contribution in [0.5, 0.6) is 5.75 Å². The third-order valence-corrected chi connectivity index (χ3v) is 4.98. The lowest BCUT2D eigenvalue weighted by molar-refractivity contribution is -0.124. The van der Waals surface area contributed by atoms with Gasteiger partial charge in [0.1, 0.15) is 17.6 Å². The SMILES string of the molecule is Cc1noc(C)c1C(C)C(=O)NC1CCCCC1Oc1ccccc1. The van der Waals surface area contributed by atoms with Gasteiger partial charge < -0.3 is 14.6 Å². The van der Waals surface area contributed by atoms with Gasteiger partial charge in [-0.1, -0.05) is 29.8 Å². The van der Waals surface area contributed by atoms with Gasteiger partial charge in [0, 0.05) is 5.56 Å². The lowest BCUT2D eigenvalue weighted by Gasteiger charge is -2.33. The number of hydrogen-bond acceptors (Lipinski definition) is 4. The zero-order chi connectivity index (χ0) is 17.8. The summed E-state index contributed by atoms with van der Waals surface area (Å²) in [5, 5.41) is 7.16. The van der Waals surface area contributed by atoms with Crippen molar-refractivity contribution in [2.24, 2.45) is 0 Å². The first-order valence-corrected chi connectivity index (χ1v) is 9.01. The monoisotopic (exact) mass is 342 g/mol. The van der Waals surface area contributed by atoms with E-state index in [1.165, 1.54) is 0 Å². The number of hydrogen-bond donors (Lipinski definition) is 1. The predicted molar refractivity (Wildman–Crippen MR) is 95.6 cm³/mol. The van der Waals surface area contributed by atoms with Crippen molar-refractivity contribution in [2.45, 2.75) is 64.5 Å². The van der Waals surface area contributed by atoms with Crippen molar-refractivity contribution < 1.29 is 14.1 Å². The largest absolute Gasteiger partial charge is 0.488 e. The first-order chi connectivity index (χ1) is 12.1. The van der Waals surface area contributed by atoms with Crippen LogP contribution in [-0.2, 0) is 4.79 Å². The smallest absolute Gasteiger partial charge is 0.227 e. The van der Waals surface area contributed by atoms with Crippen LogP contribution in [0.1, 0.15) is 55.5 Å². The molecular weight excluding hydrogens is 316 g/mol. The van der Waals surface area contributed by atoms with Crippen LogP contribution >= 0.6 is 0 Å². The minimum atomic E-state index is -0.287. The molecule has 1 heterocycles. The second-order valence-corrected chi connectivity index (χ2v) is 6.83. The molecule has 0 saturated heterocycles. The Balaban J connectivity index is 1.67. The highest BCUT2D eigenvalue weighted by molar-refractivity contribution is 5.84. The van der Waals surface area contributed by atoms with E-state index in [2.05, 4.69) is 10.5 Å². The Hall–Kier alpha value is -2.30. The average molecular weight is 342 g/mol. The summed E-state index contributed by atoms with van der Waals surface area (Å²) < 4.78 is 11.3. The standard InChI is InChI=1S/C20H26N2O3/c1-13(19-14(2)22-25-15(19)3)20(23)21-17-11-7-8-12-18(17)24-16-9-5-4-6-10-16/h4-6,9-10,13,17-18H,7-8,11-12H2,1-3H3,(H,21,23). The second-order valence-electron chi connectivity index (χ2n) is 6.83. The maximum Gasteiger partial charge on any atom is 0.227 e. The molecule has 1 aromatic carbocycles. The number of carbonyl (C=O) groups is 1. The molecule has 3 unspecified atom stereocenters. The van der Waals surface area contributed by atoms with E-state index in [1.807, 2.05) is 51.1 Å². The third kappa shape index (κ3) is 4.03. The highest BCUT2D eigenvalue weighted by atomic mass is 16.5. The zero-order valence-corrected chi connectivity index (χ0v) is 15.1. The van der Waals surface area contributed by atoms with E-state index in [-0.39, 0.29) is 24.0 Å². The molecule has 0 aliphatic heterocycles. The van der Waals surface area contributed by atoms with Crippen molar-refractivity contribution in [3.63, 3.8) is 0 Å². The van der Waals surface area contributed by atoms with E-state index < -0.39 is 0 Å². The Morgan fingerprint density at radius 1 is 1.24 bits per heavy atom. The normalized spacial score (nSPS) is 21.6. The molecule has 134 valence electrons. The number of benzene rings is 1. The zero-order valence-electron chi connectivity index (χ0n) is 15.1. The molecule has 3 rings (SSSR count). The molecule has 1 saturated carbocycles. The predicted octanol–water partition coefficient (Wildman–Crippen LogP) is 3.90. The van der Waals surface area contributed by atoms with E-state index in [0.717, 1.165) is 42.7 Å². The Labute approximate surface area is 148 Å². The number of aromatic nitrogens is 1. The van der Waals surface area contributed by atoms with Gasteiger partial charge in [0.15, 0.2) is 0 Å². The molecule has 0 bridgehead atoms. The minimum Gasteiger partial charge on any atom is -0.488 e. The highest BCUT2D eigenvalue weighted by Crippen LogP contribution is 2.27. The van der Waals surface area contributed by atoms with Gasteiger partial charge in [0.05, 0.1) is 17.7 Å². The van der Waals surface area contributed by atoms with Crippen molar-refractivity contribution in [1.29, 1.82) is 0 Å². The average Bonchev–Trinajstić information content (AvgIpc) is 2.95. The molecule has 25 heavy (non-hydrogen) atoms. The maximum atomic E-state index is 12.8. The van der Waals surface area contributed by atoms with Gasteiger partial charge in [0.2, 0.25) is 5.91 Å². The van der Waals surface area contributed by atoms with Gasteiger partial charge in [-0.25, -0.2) is 0 Å². The van der Waals surface area contributed by atoms with Crippen molar-refractivity contribution >= 4 is 5.91 Å². The van der Waals surface area contributed by atoms with Crippen molar-refractivity contribution in [3.8, 4) is 5.75 Å². The summed E-state index contributed by atoms with van der Waals surface area (Å²) in [5.74, 6) is 1.28. The third-order valence-electron chi connectivity index (χ3n) is 4.98. The summed E-state index contributed by atoms with van der Waals surface area (Å²) in [4.78, 5) is 12.8. The Bertz CT molecular complexity index is 691. The molecule has 0 radical (unpaired) electrons. The molecule has 0 spiro atoms. The van der Waals surface area contributed by atoms with Gasteiger partial charge in [-0.05, 0) is 52.2 Å². The van der Waals surface area contributed by atoms with Crippen molar-refractivity contribution in [3.05, 3.63) is 47.3 Å². The summed E-state index contributed by atoms with van der Waals surface area (Å²) in [6.45, 7) is 5.62. The number of ether oxygens (including phenoxy) is 1. The quantitative estimate of drug-likeness (QED) is 0.895. The topological polar surface area (TPSA) is 64.4 Å². The summed E-state index contributed by atoms with van der Waals surface area (Å²) in [6.07, 6.45) is 4.15. The fraction of sp³-hybridized carbons (Fsp3) is 0.500. The summed E-state index contributed by atoms with van der Waals surface area (Å²) >= 11 is 0. The first kappa shape index (κ1) is 17.5. The molecule has 1 aromatic heterocycles. The van der Waals surface area contributed by atoms with E-state index in [0.29, 0.717) is 5.76 Å². The van der Waals surface area contributed by atoms with Crippen LogP contribution in [0.4, 0.5) is 0 Å². The van der Waals surface area contributed by atoms with Crippen molar-refractivity contribution in [1.82, 2.24) is 10.5 Å². The maximum absolute atomic E-state index is 12.8. The number of aryl methyl sites for hydroxylation is 2. The Morgan fingerprint density at radius 3 is 2.64 bits per heavy atom. The molecule has 1 amide bonds. The number of nitrogens with one attached hydrogen (secondary N) is 1. The van der Waals surface area contributed by atoms with Gasteiger partial charge in [-0.15, -0.1) is 0 Å². The molecule has 1 aliphatic rings. The van der Waals surface area contributed by atoms with Crippen LogP contribution in [-0.4, -0.2) is 23.2 Å². The second kappa shape index (κ2) is 7.72. The van der Waals surface area contributed by atoms with Gasteiger partial charge in [-0.3, -0.25) is 4.79 Å². The van der Waals surface area contributed by atoms with Crippen LogP contribution in [0, 0.1) is 13.8 Å². The molecular formula is C20H26N2O3. The minimum absolute atomic E-state index is 0.00274. The molecule has 1 fully saturated rings. The molecule has 5 nitrogen and oxygen atoms in total. The van der Waals surface area contributed by atoms with E-state index in [1.54, 1.807) is 0 Å². The van der Waals surface area contributed by atoms with Crippen LogP contribution < -0.4 is 10.1 Å². The number of rotatable bonds is 5. The number of nitrogens with zero attached hydrogens (tertiary/aromatic N) is 1. The molecule has 2 aromatic rings. The Kier molecular flexibility index (Phi) is 5.41. The Morgan fingerprint density at radius 2 is 1.96 bits per heavy atom. The van der Waals surface area contributed by atoms with Crippen molar-refractivity contribution in [2.75, 3.05) is 0 Å². The fourth-order valence-electron chi connectivity index (χ4n) is 3.62. The molecule has 3 atom stereocenters. The molecule has 5 heteroatoms.